The number of rotatable bonds is 1. The van der Waals surface area contributed by atoms with Gasteiger partial charge >= 0.3 is 6.09 Å². The number of imide groups is 1. The summed E-state index contributed by atoms with van der Waals surface area (Å²) < 4.78 is 0. The maximum Gasteiger partial charge on any atom is 0.414 e. The first-order valence-corrected chi connectivity index (χ1v) is 5.03. The van der Waals surface area contributed by atoms with Gasteiger partial charge in [-0.15, -0.1) is 0 Å². The van der Waals surface area contributed by atoms with Gasteiger partial charge in [0.2, 0.25) is 0 Å². The SMILES string of the molecule is O=C(O)N1CCN[C@@H](c2ccccc2)C1=O. The maximum absolute atomic E-state index is 11.9. The highest BCUT2D eigenvalue weighted by Crippen LogP contribution is 2.18. The molecule has 84 valence electrons. The molecule has 5 nitrogen and oxygen atoms in total. The van der Waals surface area contributed by atoms with Gasteiger partial charge in [-0.2, -0.15) is 0 Å². The molecule has 2 amide bonds. The number of carbonyl (C=O) groups excluding carboxylic acids is 1. The Kier molecular flexibility index (Phi) is 2.87. The molecule has 1 aromatic rings. The minimum atomic E-state index is -1.19. The van der Waals surface area contributed by atoms with Crippen molar-refractivity contribution in [2.75, 3.05) is 13.1 Å². The third kappa shape index (κ3) is 1.90. The lowest BCUT2D eigenvalue weighted by Gasteiger charge is -2.29. The molecule has 0 radical (unpaired) electrons. The highest BCUT2D eigenvalue weighted by Gasteiger charge is 2.32. The fourth-order valence-corrected chi connectivity index (χ4v) is 1.77. The van der Waals surface area contributed by atoms with Crippen molar-refractivity contribution < 1.29 is 14.7 Å². The van der Waals surface area contributed by atoms with E-state index < -0.39 is 18.0 Å². The van der Waals surface area contributed by atoms with Crippen LogP contribution >= 0.6 is 0 Å². The molecular weight excluding hydrogens is 208 g/mol. The third-order valence-corrected chi connectivity index (χ3v) is 2.56. The van der Waals surface area contributed by atoms with E-state index in [-0.39, 0.29) is 6.54 Å². The Labute approximate surface area is 92.7 Å². The van der Waals surface area contributed by atoms with E-state index in [0.29, 0.717) is 6.54 Å². The topological polar surface area (TPSA) is 69.6 Å². The maximum atomic E-state index is 11.9. The Bertz CT molecular complexity index is 405. The number of hydrogen-bond acceptors (Lipinski definition) is 3. The van der Waals surface area contributed by atoms with Gasteiger partial charge in [-0.1, -0.05) is 30.3 Å². The molecular formula is C11H12N2O3. The molecule has 5 heteroatoms. The average molecular weight is 220 g/mol. The molecule has 1 fully saturated rings. The predicted molar refractivity (Wildman–Crippen MR) is 56.9 cm³/mol. The van der Waals surface area contributed by atoms with Gasteiger partial charge in [0.05, 0.1) is 0 Å². The highest BCUT2D eigenvalue weighted by atomic mass is 16.4. The van der Waals surface area contributed by atoms with E-state index in [1.165, 1.54) is 0 Å². The summed E-state index contributed by atoms with van der Waals surface area (Å²) in [6.45, 7) is 0.690. The summed E-state index contributed by atoms with van der Waals surface area (Å²) in [6.07, 6.45) is -1.19. The van der Waals surface area contributed by atoms with Gasteiger partial charge in [-0.25, -0.2) is 9.69 Å². The van der Waals surface area contributed by atoms with Crippen LogP contribution in [0.2, 0.25) is 0 Å². The largest absolute Gasteiger partial charge is 0.465 e. The fraction of sp³-hybridized carbons (Fsp3) is 0.273. The van der Waals surface area contributed by atoms with Crippen LogP contribution in [0, 0.1) is 0 Å². The van der Waals surface area contributed by atoms with Gasteiger partial charge in [0.25, 0.3) is 5.91 Å². The molecule has 1 aliphatic heterocycles. The summed E-state index contributed by atoms with van der Waals surface area (Å²) in [4.78, 5) is 23.5. The molecule has 1 aromatic carbocycles. The minimum Gasteiger partial charge on any atom is -0.465 e. The van der Waals surface area contributed by atoms with Gasteiger partial charge < -0.3 is 10.4 Å². The van der Waals surface area contributed by atoms with E-state index in [1.54, 1.807) is 12.1 Å². The first-order valence-electron chi connectivity index (χ1n) is 5.03. The summed E-state index contributed by atoms with van der Waals surface area (Å²) in [5.74, 6) is -0.412. The predicted octanol–water partition coefficient (Wildman–Crippen LogP) is 0.837. The van der Waals surface area contributed by atoms with E-state index in [0.717, 1.165) is 10.5 Å². The summed E-state index contributed by atoms with van der Waals surface area (Å²) in [5, 5.41) is 11.9. The number of carboxylic acid groups (broad SMARTS) is 1. The van der Waals surface area contributed by atoms with E-state index in [4.69, 9.17) is 5.11 Å². The first-order chi connectivity index (χ1) is 7.70. The molecule has 1 aliphatic rings. The smallest absolute Gasteiger partial charge is 0.414 e. The summed E-state index contributed by atoms with van der Waals surface area (Å²) in [5.41, 5.74) is 0.790. The normalized spacial score (nSPS) is 20.9. The standard InChI is InChI=1S/C11H12N2O3/c14-10-9(8-4-2-1-3-5-8)12-6-7-13(10)11(15)16/h1-5,9,12H,6-7H2,(H,15,16)/t9-/m0/s1. The molecule has 0 saturated carbocycles. The second kappa shape index (κ2) is 4.32. The Morgan fingerprint density at radius 2 is 2.06 bits per heavy atom. The van der Waals surface area contributed by atoms with Crippen molar-refractivity contribution in [2.24, 2.45) is 0 Å². The van der Waals surface area contributed by atoms with E-state index >= 15 is 0 Å². The Hall–Kier alpha value is -1.88. The van der Waals surface area contributed by atoms with E-state index in [2.05, 4.69) is 5.32 Å². The molecule has 16 heavy (non-hydrogen) atoms. The fourth-order valence-electron chi connectivity index (χ4n) is 1.77. The van der Waals surface area contributed by atoms with Gasteiger partial charge in [-0.05, 0) is 5.56 Å². The molecule has 0 bridgehead atoms. The number of nitrogens with one attached hydrogen (secondary N) is 1. The number of benzene rings is 1. The van der Waals surface area contributed by atoms with Crippen molar-refractivity contribution in [1.29, 1.82) is 0 Å². The van der Waals surface area contributed by atoms with Crippen LogP contribution < -0.4 is 5.32 Å². The zero-order valence-electron chi connectivity index (χ0n) is 8.59. The Morgan fingerprint density at radius 3 is 2.69 bits per heavy atom. The molecule has 2 N–H and O–H groups in total. The van der Waals surface area contributed by atoms with Gasteiger partial charge in [0, 0.05) is 13.1 Å². The van der Waals surface area contributed by atoms with Crippen LogP contribution in [0.4, 0.5) is 4.79 Å². The van der Waals surface area contributed by atoms with Crippen LogP contribution in [-0.4, -0.2) is 35.1 Å². The second-order valence-electron chi connectivity index (χ2n) is 3.57. The van der Waals surface area contributed by atoms with E-state index in [9.17, 15) is 9.59 Å². The number of hydrogen-bond donors (Lipinski definition) is 2. The van der Waals surface area contributed by atoms with Crippen molar-refractivity contribution in [3.05, 3.63) is 35.9 Å². The van der Waals surface area contributed by atoms with Crippen LogP contribution in [0.3, 0.4) is 0 Å². The molecule has 1 saturated heterocycles. The molecule has 1 heterocycles. The monoisotopic (exact) mass is 220 g/mol. The number of amides is 2. The van der Waals surface area contributed by atoms with Crippen LogP contribution in [0.25, 0.3) is 0 Å². The van der Waals surface area contributed by atoms with Crippen LogP contribution in [-0.2, 0) is 4.79 Å². The summed E-state index contributed by atoms with van der Waals surface area (Å²) in [6, 6.07) is 8.56. The summed E-state index contributed by atoms with van der Waals surface area (Å²) in [7, 11) is 0. The van der Waals surface area contributed by atoms with E-state index in [1.807, 2.05) is 18.2 Å². The zero-order chi connectivity index (χ0) is 11.5. The molecule has 1 atom stereocenters. The average Bonchev–Trinajstić information content (AvgIpc) is 2.30. The minimum absolute atomic E-state index is 0.206. The number of nitrogens with zero attached hydrogens (tertiary/aromatic N) is 1. The number of piperazine rings is 1. The van der Waals surface area contributed by atoms with Crippen LogP contribution in [0.5, 0.6) is 0 Å². The quantitative estimate of drug-likeness (QED) is 0.735. The molecule has 0 spiro atoms. The summed E-state index contributed by atoms with van der Waals surface area (Å²) >= 11 is 0. The van der Waals surface area contributed by atoms with Crippen molar-refractivity contribution in [3.8, 4) is 0 Å². The Balaban J connectivity index is 2.23. The third-order valence-electron chi connectivity index (χ3n) is 2.56. The van der Waals surface area contributed by atoms with Crippen LogP contribution in [0.1, 0.15) is 11.6 Å². The highest BCUT2D eigenvalue weighted by molar-refractivity contribution is 5.95. The molecule has 0 aliphatic carbocycles. The van der Waals surface area contributed by atoms with Crippen LogP contribution in [0.15, 0.2) is 30.3 Å². The lowest BCUT2D eigenvalue weighted by molar-refractivity contribution is -0.133. The first kappa shape index (κ1) is 10.6. The van der Waals surface area contributed by atoms with Gasteiger partial charge in [0.1, 0.15) is 6.04 Å². The molecule has 2 rings (SSSR count). The number of carbonyl (C=O) groups is 2. The van der Waals surface area contributed by atoms with Crippen molar-refractivity contribution >= 4 is 12.0 Å². The van der Waals surface area contributed by atoms with Crippen molar-refractivity contribution in [2.45, 2.75) is 6.04 Å². The van der Waals surface area contributed by atoms with Gasteiger partial charge in [0.15, 0.2) is 0 Å². The van der Waals surface area contributed by atoms with Crippen molar-refractivity contribution in [3.63, 3.8) is 0 Å². The van der Waals surface area contributed by atoms with Crippen molar-refractivity contribution in [1.82, 2.24) is 10.2 Å². The molecule has 0 aromatic heterocycles. The lowest BCUT2D eigenvalue weighted by atomic mass is 10.0. The Morgan fingerprint density at radius 1 is 1.38 bits per heavy atom. The van der Waals surface area contributed by atoms with Gasteiger partial charge in [-0.3, -0.25) is 4.79 Å². The molecule has 0 unspecified atom stereocenters. The second-order valence-corrected chi connectivity index (χ2v) is 3.57. The zero-order valence-corrected chi connectivity index (χ0v) is 8.59. The lowest BCUT2D eigenvalue weighted by Crippen LogP contribution is -2.52.